The number of halogens is 3. The molecule has 0 spiro atoms. The lowest BCUT2D eigenvalue weighted by Crippen LogP contribution is -2.01. The maximum Gasteiger partial charge on any atom is 0.194 e. The van der Waals surface area contributed by atoms with Crippen LogP contribution in [0.1, 0.15) is 0 Å². The quantitative estimate of drug-likeness (QED) is 0.169. The van der Waals surface area contributed by atoms with E-state index in [0.717, 1.165) is 78.1 Å². The average molecular weight is 694 g/mol. The minimum Gasteiger partial charge on any atom is -0.309 e. The van der Waals surface area contributed by atoms with Gasteiger partial charge in [-0.15, -0.1) is 0 Å². The number of benzene rings is 7. The van der Waals surface area contributed by atoms with Crippen molar-refractivity contribution in [2.45, 2.75) is 0 Å². The van der Waals surface area contributed by atoms with Crippen LogP contribution in [0.3, 0.4) is 0 Å². The van der Waals surface area contributed by atoms with E-state index in [1.165, 1.54) is 0 Å². The van der Waals surface area contributed by atoms with Gasteiger partial charge in [-0.05, 0) is 36.4 Å². The second-order valence-electron chi connectivity index (χ2n) is 12.9. The lowest BCUT2D eigenvalue weighted by molar-refractivity contribution is 0.446. The van der Waals surface area contributed by atoms with Gasteiger partial charge in [-0.3, -0.25) is 0 Å². The summed E-state index contributed by atoms with van der Waals surface area (Å²) >= 11 is 0. The molecule has 252 valence electrons. The van der Waals surface area contributed by atoms with Gasteiger partial charge in [0.25, 0.3) is 0 Å². The first-order valence-corrected chi connectivity index (χ1v) is 17.1. The van der Waals surface area contributed by atoms with Crippen molar-refractivity contribution in [2.24, 2.45) is 0 Å². The molecule has 8 heteroatoms. The molecule has 0 aliphatic carbocycles. The largest absolute Gasteiger partial charge is 0.309 e. The van der Waals surface area contributed by atoms with E-state index in [0.29, 0.717) is 17.5 Å². The molecule has 3 heterocycles. The molecule has 0 radical (unpaired) electrons. The Morgan fingerprint density at radius 3 is 1.32 bits per heavy atom. The Kier molecular flexibility index (Phi) is 6.97. The Balaban J connectivity index is 1.22. The van der Waals surface area contributed by atoms with Gasteiger partial charge in [0, 0.05) is 56.1 Å². The molecule has 7 aromatic carbocycles. The van der Waals surface area contributed by atoms with Crippen molar-refractivity contribution in [3.05, 3.63) is 175 Å². The average Bonchev–Trinajstić information content (AvgIpc) is 3.73. The number of fused-ring (bicyclic) bond motifs is 7. The first-order valence-electron chi connectivity index (χ1n) is 17.1. The van der Waals surface area contributed by atoms with E-state index in [4.69, 9.17) is 15.0 Å². The molecule has 0 unspecified atom stereocenters. The van der Waals surface area contributed by atoms with E-state index in [2.05, 4.69) is 28.8 Å². The molecule has 5 nitrogen and oxygen atoms in total. The molecular formula is C45H26F3N5. The monoisotopic (exact) mass is 693 g/mol. The molecule has 0 saturated carbocycles. The van der Waals surface area contributed by atoms with Crippen LogP contribution in [-0.4, -0.2) is 24.1 Å². The number of hydrogen-bond donors (Lipinski definition) is 0. The fraction of sp³-hybridized carbons (Fsp3) is 0. The first-order chi connectivity index (χ1) is 26.0. The Hall–Kier alpha value is -7.06. The van der Waals surface area contributed by atoms with Crippen molar-refractivity contribution in [1.29, 1.82) is 0 Å². The fourth-order valence-electron chi connectivity index (χ4n) is 7.47. The van der Waals surface area contributed by atoms with Gasteiger partial charge in [-0.1, -0.05) is 109 Å². The van der Waals surface area contributed by atoms with Crippen LogP contribution in [0.5, 0.6) is 0 Å². The molecule has 0 fully saturated rings. The van der Waals surface area contributed by atoms with Gasteiger partial charge in [-0.2, -0.15) is 0 Å². The molecule has 0 aliphatic rings. The second-order valence-corrected chi connectivity index (χ2v) is 12.9. The third-order valence-corrected chi connectivity index (χ3v) is 9.76. The SMILES string of the molecule is Fc1cc(-n2c3ccccc3c3c4c5ccccc5n(-c5cccc(-c6nc(-c7ccccc7)nc(-c7ccccc7)n6)c5)c4ccc32)cc(F)c1F. The minimum absolute atomic E-state index is 0.200. The predicted octanol–water partition coefficient (Wildman–Crippen LogP) is 11.5. The molecule has 0 atom stereocenters. The highest BCUT2D eigenvalue weighted by atomic mass is 19.2. The summed E-state index contributed by atoms with van der Waals surface area (Å²) in [4.78, 5) is 14.8. The molecule has 0 amide bonds. The van der Waals surface area contributed by atoms with E-state index in [9.17, 15) is 13.2 Å². The highest BCUT2D eigenvalue weighted by Gasteiger charge is 2.22. The summed E-state index contributed by atoms with van der Waals surface area (Å²) in [6, 6.07) is 49.9. The van der Waals surface area contributed by atoms with E-state index in [1.54, 1.807) is 4.57 Å². The zero-order valence-corrected chi connectivity index (χ0v) is 27.9. The van der Waals surface area contributed by atoms with Gasteiger partial charge in [0.2, 0.25) is 0 Å². The van der Waals surface area contributed by atoms with Crippen molar-refractivity contribution in [3.63, 3.8) is 0 Å². The summed E-state index contributed by atoms with van der Waals surface area (Å²) in [7, 11) is 0. The lowest BCUT2D eigenvalue weighted by Gasteiger charge is -2.12. The number of aromatic nitrogens is 5. The smallest absolute Gasteiger partial charge is 0.194 e. The summed E-state index contributed by atoms with van der Waals surface area (Å²) in [6.45, 7) is 0. The number of nitrogens with zero attached hydrogens (tertiary/aromatic N) is 5. The van der Waals surface area contributed by atoms with E-state index < -0.39 is 17.5 Å². The summed E-state index contributed by atoms with van der Waals surface area (Å²) < 4.78 is 47.3. The van der Waals surface area contributed by atoms with Gasteiger partial charge in [0.15, 0.2) is 34.9 Å². The van der Waals surface area contributed by atoms with Crippen LogP contribution in [-0.2, 0) is 0 Å². The van der Waals surface area contributed by atoms with Gasteiger partial charge in [0.05, 0.1) is 27.8 Å². The number of hydrogen-bond acceptors (Lipinski definition) is 3. The lowest BCUT2D eigenvalue weighted by atomic mass is 10.1. The maximum atomic E-state index is 14.6. The Labute approximate surface area is 300 Å². The van der Waals surface area contributed by atoms with Crippen LogP contribution in [0.25, 0.3) is 89.2 Å². The molecule has 10 rings (SSSR count). The Bertz CT molecular complexity index is 2960. The topological polar surface area (TPSA) is 48.5 Å². The molecule has 10 aromatic rings. The number of rotatable bonds is 5. The molecule has 0 N–H and O–H groups in total. The van der Waals surface area contributed by atoms with Crippen LogP contribution in [0.2, 0.25) is 0 Å². The Morgan fingerprint density at radius 2 is 0.792 bits per heavy atom. The van der Waals surface area contributed by atoms with Gasteiger partial charge in [0.1, 0.15) is 0 Å². The third-order valence-electron chi connectivity index (χ3n) is 9.76. The molecular weight excluding hydrogens is 668 g/mol. The van der Waals surface area contributed by atoms with E-state index in [1.807, 2.05) is 121 Å². The van der Waals surface area contributed by atoms with Gasteiger partial charge >= 0.3 is 0 Å². The summed E-state index contributed by atoms with van der Waals surface area (Å²) in [5, 5.41) is 3.82. The van der Waals surface area contributed by atoms with Crippen molar-refractivity contribution in [3.8, 4) is 45.5 Å². The van der Waals surface area contributed by atoms with Gasteiger partial charge < -0.3 is 9.13 Å². The second kappa shape index (κ2) is 12.0. The van der Waals surface area contributed by atoms with Crippen LogP contribution in [0, 0.1) is 17.5 Å². The predicted molar refractivity (Wildman–Crippen MR) is 205 cm³/mol. The van der Waals surface area contributed by atoms with E-state index in [-0.39, 0.29) is 5.69 Å². The van der Waals surface area contributed by atoms with Crippen LogP contribution in [0.4, 0.5) is 13.2 Å². The summed E-state index contributed by atoms with van der Waals surface area (Å²) in [6.07, 6.45) is 0. The summed E-state index contributed by atoms with van der Waals surface area (Å²) in [5.41, 5.74) is 7.12. The van der Waals surface area contributed by atoms with Crippen molar-refractivity contribution >= 4 is 43.6 Å². The van der Waals surface area contributed by atoms with Crippen LogP contribution >= 0.6 is 0 Å². The normalized spacial score (nSPS) is 11.7. The van der Waals surface area contributed by atoms with Gasteiger partial charge in [-0.25, -0.2) is 28.1 Å². The van der Waals surface area contributed by atoms with Crippen LogP contribution < -0.4 is 0 Å². The standard InChI is InChI=1S/C45H26F3N5/c46-34-25-31(26-35(47)42(34)48)53-37-21-10-8-19-33(37)41-39(53)23-22-38-40(41)32-18-7-9-20-36(32)52(38)30-17-11-16-29(24-30)45-50-43(27-12-3-1-4-13-27)49-44(51-45)28-14-5-2-6-15-28/h1-26H. The number of para-hydroxylation sites is 2. The molecule has 53 heavy (non-hydrogen) atoms. The fourth-order valence-corrected chi connectivity index (χ4v) is 7.47. The first kappa shape index (κ1) is 30.7. The molecule has 0 aliphatic heterocycles. The maximum absolute atomic E-state index is 14.6. The molecule has 3 aromatic heterocycles. The molecule has 0 bridgehead atoms. The van der Waals surface area contributed by atoms with Crippen molar-refractivity contribution in [1.82, 2.24) is 24.1 Å². The van der Waals surface area contributed by atoms with Crippen molar-refractivity contribution in [2.75, 3.05) is 0 Å². The van der Waals surface area contributed by atoms with Crippen LogP contribution in [0.15, 0.2) is 158 Å². The molecule has 0 saturated heterocycles. The zero-order chi connectivity index (χ0) is 35.6. The third kappa shape index (κ3) is 4.91. The van der Waals surface area contributed by atoms with E-state index >= 15 is 0 Å². The summed E-state index contributed by atoms with van der Waals surface area (Å²) in [5.74, 6) is -2.27. The highest BCUT2D eigenvalue weighted by Crippen LogP contribution is 2.42. The highest BCUT2D eigenvalue weighted by molar-refractivity contribution is 6.28. The minimum atomic E-state index is -1.49. The van der Waals surface area contributed by atoms with Crippen molar-refractivity contribution < 1.29 is 13.2 Å². The Morgan fingerprint density at radius 1 is 0.358 bits per heavy atom. The zero-order valence-electron chi connectivity index (χ0n) is 27.9.